The van der Waals surface area contributed by atoms with Gasteiger partial charge in [0.15, 0.2) is 0 Å². The minimum absolute atomic E-state index is 0.249. The van der Waals surface area contributed by atoms with E-state index < -0.39 is 42.1 Å². The van der Waals surface area contributed by atoms with Crippen LogP contribution in [0.15, 0.2) is 67.0 Å². The third kappa shape index (κ3) is 8.16. The lowest BCUT2D eigenvalue weighted by Crippen LogP contribution is -2.21. The molecule has 13 heteroatoms. The average Bonchev–Trinajstić information content (AvgIpc) is 3.31. The van der Waals surface area contributed by atoms with Crippen LogP contribution in [0.1, 0.15) is 29.9 Å². The fourth-order valence-electron chi connectivity index (χ4n) is 3.84. The number of alkyl halides is 3. The van der Waals surface area contributed by atoms with Gasteiger partial charge in [-0.25, -0.2) is 18.6 Å². The summed E-state index contributed by atoms with van der Waals surface area (Å²) in [7, 11) is 0. The van der Waals surface area contributed by atoms with Crippen LogP contribution >= 0.6 is 0 Å². The van der Waals surface area contributed by atoms with Gasteiger partial charge in [0, 0.05) is 47.4 Å². The number of ether oxygens (including phenoxy) is 1. The molecule has 0 radical (unpaired) electrons. The summed E-state index contributed by atoms with van der Waals surface area (Å²) in [6, 6.07) is 14.5. The number of pyridine rings is 1. The van der Waals surface area contributed by atoms with Crippen molar-refractivity contribution < 1.29 is 46.5 Å². The highest BCUT2D eigenvalue weighted by molar-refractivity contribution is 5.86. The van der Waals surface area contributed by atoms with Gasteiger partial charge in [0.05, 0.1) is 13.0 Å². The maximum absolute atomic E-state index is 14.4. The van der Waals surface area contributed by atoms with Gasteiger partial charge in [-0.1, -0.05) is 12.1 Å². The van der Waals surface area contributed by atoms with E-state index in [4.69, 9.17) is 14.6 Å². The van der Waals surface area contributed by atoms with E-state index in [1.165, 1.54) is 6.07 Å². The maximum Gasteiger partial charge on any atom is 0.490 e. The van der Waals surface area contributed by atoms with Crippen LogP contribution in [0.5, 0.6) is 5.75 Å². The number of hydrogen-bond acceptors (Lipinski definition) is 5. The lowest BCUT2D eigenvalue weighted by atomic mass is 9.87. The second-order valence-electron chi connectivity index (χ2n) is 8.38. The van der Waals surface area contributed by atoms with Crippen LogP contribution in [-0.4, -0.2) is 51.4 Å². The molecule has 1 unspecified atom stereocenters. The van der Waals surface area contributed by atoms with Crippen LogP contribution in [-0.2, 0) is 9.59 Å². The van der Waals surface area contributed by atoms with Crippen molar-refractivity contribution >= 4 is 28.7 Å². The molecular weight excluding hydrogens is 541 g/mol. The minimum atomic E-state index is -5.08. The SMILES string of the molecule is O=C(O)C(F)(F)F.O=C(O)CC(c1c(F)cccc1F)c1c[nH]c2cc(OCCCNc3ccccn3)ccc12. The molecule has 0 bridgehead atoms. The summed E-state index contributed by atoms with van der Waals surface area (Å²) in [5, 5.41) is 20.4. The summed E-state index contributed by atoms with van der Waals surface area (Å²) in [5.41, 5.74) is 0.963. The lowest BCUT2D eigenvalue weighted by Gasteiger charge is -2.17. The Labute approximate surface area is 224 Å². The molecule has 4 aromatic rings. The molecule has 8 nitrogen and oxygen atoms in total. The zero-order valence-electron chi connectivity index (χ0n) is 20.7. The number of halogens is 5. The van der Waals surface area contributed by atoms with Gasteiger partial charge in [-0.3, -0.25) is 4.79 Å². The van der Waals surface area contributed by atoms with Crippen molar-refractivity contribution in [2.75, 3.05) is 18.5 Å². The maximum atomic E-state index is 14.4. The highest BCUT2D eigenvalue weighted by Gasteiger charge is 2.38. The number of rotatable bonds is 10. The molecule has 4 rings (SSSR count). The molecule has 2 heterocycles. The van der Waals surface area contributed by atoms with Crippen LogP contribution in [0.2, 0.25) is 0 Å². The molecule has 0 aliphatic rings. The van der Waals surface area contributed by atoms with Crippen molar-refractivity contribution in [3.63, 3.8) is 0 Å². The number of carboxylic acid groups (broad SMARTS) is 2. The fraction of sp³-hybridized carbons (Fsp3) is 0.222. The van der Waals surface area contributed by atoms with Crippen LogP contribution in [0.4, 0.5) is 27.8 Å². The summed E-state index contributed by atoms with van der Waals surface area (Å²) in [4.78, 5) is 27.6. The zero-order chi connectivity index (χ0) is 29.3. The van der Waals surface area contributed by atoms with E-state index in [2.05, 4.69) is 15.3 Å². The van der Waals surface area contributed by atoms with Crippen molar-refractivity contribution in [2.45, 2.75) is 24.9 Å². The number of aliphatic carboxylic acids is 2. The van der Waals surface area contributed by atoms with E-state index in [1.807, 2.05) is 18.2 Å². The number of carbonyl (C=O) groups is 2. The van der Waals surface area contributed by atoms with Gasteiger partial charge in [0.1, 0.15) is 23.2 Å². The zero-order valence-corrected chi connectivity index (χ0v) is 20.7. The minimum Gasteiger partial charge on any atom is -0.493 e. The summed E-state index contributed by atoms with van der Waals surface area (Å²) < 4.78 is 66.4. The normalized spacial score (nSPS) is 11.8. The van der Waals surface area contributed by atoms with Crippen molar-refractivity contribution in [1.29, 1.82) is 0 Å². The van der Waals surface area contributed by atoms with E-state index in [0.717, 1.165) is 24.4 Å². The number of fused-ring (bicyclic) bond motifs is 1. The predicted octanol–water partition coefficient (Wildman–Crippen LogP) is 5.96. The standard InChI is InChI=1S/C25H23F2N3O3.C2HF3O2/c26-20-5-3-6-21(27)25(20)18(14-24(31)32)19-15-30-22-13-16(8-9-17(19)22)33-12-4-11-29-23-7-1-2-10-28-23;3-2(4,5)1(6)7/h1-3,5-10,13,15,18,30H,4,11-12,14H2,(H,28,29)(H,31,32);(H,6,7). The van der Waals surface area contributed by atoms with Gasteiger partial charge in [0.25, 0.3) is 0 Å². The number of H-pyrrole nitrogens is 1. The Balaban J connectivity index is 0.000000559. The molecule has 0 aliphatic heterocycles. The van der Waals surface area contributed by atoms with Crippen LogP contribution in [0.3, 0.4) is 0 Å². The van der Waals surface area contributed by atoms with E-state index in [9.17, 15) is 31.9 Å². The Hall–Kier alpha value is -4.68. The first-order valence-electron chi connectivity index (χ1n) is 11.8. The first-order chi connectivity index (χ1) is 19.0. The van der Waals surface area contributed by atoms with Crippen LogP contribution in [0.25, 0.3) is 10.9 Å². The van der Waals surface area contributed by atoms with Gasteiger partial charge in [-0.15, -0.1) is 0 Å². The first-order valence-corrected chi connectivity index (χ1v) is 11.8. The Kier molecular flexibility index (Phi) is 10.0. The molecule has 212 valence electrons. The average molecular weight is 565 g/mol. The molecule has 40 heavy (non-hydrogen) atoms. The molecule has 1 atom stereocenters. The summed E-state index contributed by atoms with van der Waals surface area (Å²) in [6.07, 6.45) is -1.44. The number of benzene rings is 2. The summed E-state index contributed by atoms with van der Waals surface area (Å²) in [5.74, 6) is -4.96. The Morgan fingerprint density at radius 1 is 1.02 bits per heavy atom. The van der Waals surface area contributed by atoms with Gasteiger partial charge in [-0.05, 0) is 48.4 Å². The van der Waals surface area contributed by atoms with E-state index >= 15 is 0 Å². The highest BCUT2D eigenvalue weighted by atomic mass is 19.4. The van der Waals surface area contributed by atoms with Crippen molar-refractivity contribution in [3.8, 4) is 5.75 Å². The van der Waals surface area contributed by atoms with Crippen molar-refractivity contribution in [2.24, 2.45) is 0 Å². The predicted molar refractivity (Wildman–Crippen MR) is 135 cm³/mol. The molecule has 2 aromatic heterocycles. The molecule has 0 saturated heterocycles. The molecule has 0 spiro atoms. The number of carboxylic acids is 2. The molecule has 4 N–H and O–H groups in total. The summed E-state index contributed by atoms with van der Waals surface area (Å²) in [6.45, 7) is 1.19. The Bertz CT molecular complexity index is 1420. The highest BCUT2D eigenvalue weighted by Crippen LogP contribution is 2.37. The number of anilines is 1. The van der Waals surface area contributed by atoms with Crippen molar-refractivity contribution in [3.05, 3.63) is 89.8 Å². The first kappa shape index (κ1) is 29.9. The lowest BCUT2D eigenvalue weighted by molar-refractivity contribution is -0.192. The molecule has 2 aromatic carbocycles. The van der Waals surface area contributed by atoms with E-state index in [-0.39, 0.29) is 5.56 Å². The smallest absolute Gasteiger partial charge is 0.490 e. The third-order valence-electron chi connectivity index (χ3n) is 5.59. The number of aromatic nitrogens is 2. The van der Waals surface area contributed by atoms with Gasteiger partial charge >= 0.3 is 18.1 Å². The molecule has 0 saturated carbocycles. The topological polar surface area (TPSA) is 125 Å². The van der Waals surface area contributed by atoms with Gasteiger partial charge in [0.2, 0.25) is 0 Å². The Morgan fingerprint density at radius 3 is 2.33 bits per heavy atom. The number of aromatic amines is 1. The second-order valence-corrected chi connectivity index (χ2v) is 8.38. The van der Waals surface area contributed by atoms with Crippen LogP contribution < -0.4 is 10.1 Å². The second kappa shape index (κ2) is 13.4. The quantitative estimate of drug-likeness (QED) is 0.138. The third-order valence-corrected chi connectivity index (χ3v) is 5.59. The van der Waals surface area contributed by atoms with Crippen LogP contribution in [0, 0.1) is 11.6 Å². The molecule has 0 fully saturated rings. The molecular formula is C27H24F5N3O5. The summed E-state index contributed by atoms with van der Waals surface area (Å²) >= 11 is 0. The van der Waals surface area contributed by atoms with Crippen molar-refractivity contribution in [1.82, 2.24) is 9.97 Å². The fourth-order valence-corrected chi connectivity index (χ4v) is 3.84. The Morgan fingerprint density at radius 2 is 1.73 bits per heavy atom. The molecule has 0 aliphatic carbocycles. The van der Waals surface area contributed by atoms with E-state index in [0.29, 0.717) is 35.4 Å². The van der Waals surface area contributed by atoms with E-state index in [1.54, 1.807) is 30.6 Å². The largest absolute Gasteiger partial charge is 0.493 e. The number of hydrogen-bond donors (Lipinski definition) is 4. The monoisotopic (exact) mass is 565 g/mol. The number of nitrogens with one attached hydrogen (secondary N) is 2. The molecule has 0 amide bonds. The number of nitrogens with zero attached hydrogens (tertiary/aromatic N) is 1. The van der Waals surface area contributed by atoms with Gasteiger partial charge < -0.3 is 25.3 Å². The van der Waals surface area contributed by atoms with Gasteiger partial charge in [-0.2, -0.15) is 13.2 Å².